The Kier molecular flexibility index (Phi) is 5.68. The fourth-order valence-electron chi connectivity index (χ4n) is 4.27. The number of benzene rings is 1. The molecule has 1 aromatic carbocycles. The maximum absolute atomic E-state index is 13.5. The van der Waals surface area contributed by atoms with Gasteiger partial charge in [-0.25, -0.2) is 14.8 Å². The van der Waals surface area contributed by atoms with Gasteiger partial charge in [-0.3, -0.25) is 13.9 Å². The lowest BCUT2D eigenvalue weighted by Crippen LogP contribution is -2.39. The van der Waals surface area contributed by atoms with Crippen molar-refractivity contribution in [1.82, 2.24) is 33.6 Å². The monoisotopic (exact) mass is 492 g/mol. The van der Waals surface area contributed by atoms with E-state index in [1.165, 1.54) is 9.13 Å². The Morgan fingerprint density at radius 3 is 2.63 bits per heavy atom. The van der Waals surface area contributed by atoms with Gasteiger partial charge in [-0.2, -0.15) is 4.98 Å². The SMILES string of the molecule is CCCc1nc(C)cc(Nc2nc3c(c(=O)n(Cc4cc5c(Cl)cccc5[nH]4)c(=O)n3C)n2C)n1. The highest BCUT2D eigenvalue weighted by molar-refractivity contribution is 6.35. The molecule has 35 heavy (non-hydrogen) atoms. The van der Waals surface area contributed by atoms with Gasteiger partial charge in [0.05, 0.1) is 6.54 Å². The second kappa shape index (κ2) is 8.70. The molecule has 5 aromatic rings. The van der Waals surface area contributed by atoms with Gasteiger partial charge >= 0.3 is 5.69 Å². The number of halogens is 1. The Balaban J connectivity index is 1.58. The van der Waals surface area contributed by atoms with Crippen LogP contribution in [0.15, 0.2) is 39.9 Å². The van der Waals surface area contributed by atoms with E-state index in [1.807, 2.05) is 31.2 Å². The first-order chi connectivity index (χ1) is 16.8. The zero-order valence-electron chi connectivity index (χ0n) is 19.9. The fourth-order valence-corrected chi connectivity index (χ4v) is 4.50. The van der Waals surface area contributed by atoms with Gasteiger partial charge in [0.2, 0.25) is 5.95 Å². The predicted molar refractivity (Wildman–Crippen MR) is 137 cm³/mol. The van der Waals surface area contributed by atoms with Gasteiger partial charge in [-0.15, -0.1) is 0 Å². The quantitative estimate of drug-likeness (QED) is 0.375. The average Bonchev–Trinajstić information content (AvgIpc) is 3.37. The minimum absolute atomic E-state index is 0.0753. The van der Waals surface area contributed by atoms with E-state index in [1.54, 1.807) is 24.7 Å². The lowest BCUT2D eigenvalue weighted by atomic mass is 10.2. The van der Waals surface area contributed by atoms with Crippen molar-refractivity contribution in [2.45, 2.75) is 33.2 Å². The summed E-state index contributed by atoms with van der Waals surface area (Å²) in [6.45, 7) is 4.05. The van der Waals surface area contributed by atoms with Crippen molar-refractivity contribution in [2.75, 3.05) is 5.32 Å². The molecule has 4 aromatic heterocycles. The van der Waals surface area contributed by atoms with E-state index in [-0.39, 0.29) is 6.54 Å². The molecule has 10 nitrogen and oxygen atoms in total. The number of H-pyrrole nitrogens is 1. The van der Waals surface area contributed by atoms with Gasteiger partial charge in [-0.1, -0.05) is 24.6 Å². The predicted octanol–water partition coefficient (Wildman–Crippen LogP) is 3.41. The number of hydrogen-bond donors (Lipinski definition) is 2. The van der Waals surface area contributed by atoms with Crippen LogP contribution < -0.4 is 16.6 Å². The van der Waals surface area contributed by atoms with E-state index in [9.17, 15) is 9.59 Å². The number of nitrogens with one attached hydrogen (secondary N) is 2. The highest BCUT2D eigenvalue weighted by atomic mass is 35.5. The highest BCUT2D eigenvalue weighted by Gasteiger charge is 2.20. The van der Waals surface area contributed by atoms with Crippen molar-refractivity contribution < 1.29 is 0 Å². The maximum Gasteiger partial charge on any atom is 0.332 e. The van der Waals surface area contributed by atoms with Crippen molar-refractivity contribution in [3.63, 3.8) is 0 Å². The molecule has 0 unspecified atom stereocenters. The molecule has 0 radical (unpaired) electrons. The first kappa shape index (κ1) is 22.9. The number of aromatic nitrogens is 7. The lowest BCUT2D eigenvalue weighted by Gasteiger charge is -2.08. The molecule has 0 aliphatic heterocycles. The van der Waals surface area contributed by atoms with Crippen molar-refractivity contribution in [2.24, 2.45) is 14.1 Å². The Bertz CT molecular complexity index is 1710. The van der Waals surface area contributed by atoms with Crippen LogP contribution in [0.4, 0.5) is 11.8 Å². The van der Waals surface area contributed by atoms with Crippen LogP contribution in [0.1, 0.15) is 30.6 Å². The Hall–Kier alpha value is -3.92. The minimum Gasteiger partial charge on any atom is -0.357 e. The van der Waals surface area contributed by atoms with Gasteiger partial charge in [0.15, 0.2) is 11.2 Å². The van der Waals surface area contributed by atoms with Gasteiger partial charge in [0.1, 0.15) is 11.6 Å². The second-order valence-corrected chi connectivity index (χ2v) is 8.99. The number of rotatable bonds is 6. The van der Waals surface area contributed by atoms with E-state index in [2.05, 4.69) is 32.2 Å². The number of hydrogen-bond acceptors (Lipinski definition) is 6. The second-order valence-electron chi connectivity index (χ2n) is 8.58. The molecule has 0 saturated heterocycles. The summed E-state index contributed by atoms with van der Waals surface area (Å²) in [6.07, 6.45) is 1.69. The average molecular weight is 493 g/mol. The van der Waals surface area contributed by atoms with Crippen molar-refractivity contribution in [3.8, 4) is 0 Å². The van der Waals surface area contributed by atoms with Crippen LogP contribution >= 0.6 is 11.6 Å². The lowest BCUT2D eigenvalue weighted by molar-refractivity contribution is 0.648. The van der Waals surface area contributed by atoms with Crippen LogP contribution in [0.2, 0.25) is 5.02 Å². The highest BCUT2D eigenvalue weighted by Crippen LogP contribution is 2.24. The minimum atomic E-state index is -0.458. The summed E-state index contributed by atoms with van der Waals surface area (Å²) in [5.74, 6) is 1.73. The topological polar surface area (TPSA) is 115 Å². The van der Waals surface area contributed by atoms with Crippen LogP contribution in [0.25, 0.3) is 22.1 Å². The summed E-state index contributed by atoms with van der Waals surface area (Å²) in [4.78, 5) is 43.4. The standard InChI is InChI=1S/C24H25ClN8O2/c1-5-7-18-26-13(2)10-19(28-18)29-23-30-21-20(31(23)3)22(34)33(24(35)32(21)4)12-14-11-15-16(25)8-6-9-17(15)27-14/h6,8-11,27H,5,7,12H2,1-4H3,(H,26,28,29,30). The van der Waals surface area contributed by atoms with E-state index >= 15 is 0 Å². The number of aryl methyl sites for hydroxylation is 4. The van der Waals surface area contributed by atoms with Crippen molar-refractivity contribution >= 4 is 45.4 Å². The van der Waals surface area contributed by atoms with Crippen molar-refractivity contribution in [1.29, 1.82) is 0 Å². The summed E-state index contributed by atoms with van der Waals surface area (Å²) in [6, 6.07) is 9.21. The molecule has 0 aliphatic carbocycles. The molecular weight excluding hydrogens is 468 g/mol. The summed E-state index contributed by atoms with van der Waals surface area (Å²) < 4.78 is 4.22. The molecule has 0 fully saturated rings. The third-order valence-corrected chi connectivity index (χ3v) is 6.30. The molecule has 4 heterocycles. The normalized spacial score (nSPS) is 11.6. The fraction of sp³-hybridized carbons (Fsp3) is 0.292. The molecule has 11 heteroatoms. The third-order valence-electron chi connectivity index (χ3n) is 5.97. The Morgan fingerprint density at radius 2 is 1.89 bits per heavy atom. The van der Waals surface area contributed by atoms with E-state index < -0.39 is 11.2 Å². The number of nitrogens with zero attached hydrogens (tertiary/aromatic N) is 6. The maximum atomic E-state index is 13.5. The molecule has 0 atom stereocenters. The van der Waals surface area contributed by atoms with E-state index in [0.29, 0.717) is 33.6 Å². The molecule has 0 spiro atoms. The molecule has 0 aliphatic rings. The molecular formula is C24H25ClN8O2. The van der Waals surface area contributed by atoms with Crippen LogP contribution in [-0.2, 0) is 27.1 Å². The largest absolute Gasteiger partial charge is 0.357 e. The molecule has 0 saturated carbocycles. The number of aromatic amines is 1. The first-order valence-corrected chi connectivity index (χ1v) is 11.7. The zero-order valence-corrected chi connectivity index (χ0v) is 20.6. The molecule has 5 rings (SSSR count). The number of fused-ring (bicyclic) bond motifs is 2. The van der Waals surface area contributed by atoms with Crippen LogP contribution in [0.5, 0.6) is 0 Å². The molecule has 0 bridgehead atoms. The Labute approximate surface area is 205 Å². The van der Waals surface area contributed by atoms with Crippen LogP contribution in [0, 0.1) is 6.92 Å². The zero-order chi connectivity index (χ0) is 24.9. The number of imidazole rings is 1. The summed E-state index contributed by atoms with van der Waals surface area (Å²) in [5.41, 5.74) is 2.09. The van der Waals surface area contributed by atoms with Crippen molar-refractivity contribution in [3.05, 3.63) is 73.4 Å². The number of anilines is 2. The summed E-state index contributed by atoms with van der Waals surface area (Å²) >= 11 is 6.28. The molecule has 180 valence electrons. The van der Waals surface area contributed by atoms with Gasteiger partial charge < -0.3 is 14.9 Å². The Morgan fingerprint density at radius 1 is 1.09 bits per heavy atom. The molecule has 2 N–H and O–H groups in total. The van der Waals surface area contributed by atoms with Gasteiger partial charge in [0.25, 0.3) is 5.56 Å². The van der Waals surface area contributed by atoms with Gasteiger partial charge in [0, 0.05) is 53.9 Å². The smallest absolute Gasteiger partial charge is 0.332 e. The van der Waals surface area contributed by atoms with Crippen LogP contribution in [0.3, 0.4) is 0 Å². The third kappa shape index (κ3) is 3.99. The first-order valence-electron chi connectivity index (χ1n) is 11.3. The summed E-state index contributed by atoms with van der Waals surface area (Å²) in [5, 5.41) is 4.62. The van der Waals surface area contributed by atoms with E-state index in [4.69, 9.17) is 11.6 Å². The van der Waals surface area contributed by atoms with Gasteiger partial charge in [-0.05, 0) is 31.5 Å². The van der Waals surface area contributed by atoms with E-state index in [0.717, 1.165) is 35.3 Å². The summed E-state index contributed by atoms with van der Waals surface area (Å²) in [7, 11) is 3.34. The van der Waals surface area contributed by atoms with Crippen LogP contribution in [-0.4, -0.2) is 33.6 Å². The molecule has 0 amide bonds.